The highest BCUT2D eigenvalue weighted by atomic mass is 19.4. The maximum Gasteiger partial charge on any atom is 0.416 e. The molecule has 0 saturated carbocycles. The van der Waals surface area contributed by atoms with E-state index in [2.05, 4.69) is 0 Å². The van der Waals surface area contributed by atoms with Crippen LogP contribution in [-0.4, -0.2) is 29.1 Å². The van der Waals surface area contributed by atoms with E-state index in [1.54, 1.807) is 0 Å². The SMILES string of the molecule is NC1CN(Cc2ccc(C(F)(F)F)cc2)N(Cc2ccc(C(F)(F)F)cc2)C1. The molecule has 152 valence electrons. The van der Waals surface area contributed by atoms with Crippen molar-refractivity contribution in [2.24, 2.45) is 5.73 Å². The van der Waals surface area contributed by atoms with Crippen LogP contribution >= 0.6 is 0 Å². The second-order valence-electron chi connectivity index (χ2n) is 6.84. The molecule has 28 heavy (non-hydrogen) atoms. The van der Waals surface area contributed by atoms with Crippen molar-refractivity contribution < 1.29 is 26.3 Å². The fourth-order valence-electron chi connectivity index (χ4n) is 3.18. The molecule has 0 spiro atoms. The van der Waals surface area contributed by atoms with Crippen molar-refractivity contribution in [3.63, 3.8) is 0 Å². The van der Waals surface area contributed by atoms with E-state index in [9.17, 15) is 26.3 Å². The van der Waals surface area contributed by atoms with Crippen molar-refractivity contribution in [3.05, 3.63) is 70.8 Å². The number of alkyl halides is 6. The molecule has 1 aliphatic rings. The zero-order valence-corrected chi connectivity index (χ0v) is 14.8. The highest BCUT2D eigenvalue weighted by Crippen LogP contribution is 2.30. The van der Waals surface area contributed by atoms with Crippen LogP contribution in [0.4, 0.5) is 26.3 Å². The first-order valence-electron chi connectivity index (χ1n) is 8.60. The van der Waals surface area contributed by atoms with Gasteiger partial charge in [0.1, 0.15) is 0 Å². The van der Waals surface area contributed by atoms with Crippen LogP contribution in [0.25, 0.3) is 0 Å². The summed E-state index contributed by atoms with van der Waals surface area (Å²) in [6, 6.07) is 9.66. The molecule has 0 aliphatic carbocycles. The minimum absolute atomic E-state index is 0.149. The fraction of sp³-hybridized carbons (Fsp3) is 0.368. The van der Waals surface area contributed by atoms with E-state index in [0.29, 0.717) is 37.3 Å². The lowest BCUT2D eigenvalue weighted by atomic mass is 10.1. The van der Waals surface area contributed by atoms with Crippen LogP contribution in [-0.2, 0) is 25.4 Å². The predicted molar refractivity (Wildman–Crippen MR) is 91.7 cm³/mol. The summed E-state index contributed by atoms with van der Waals surface area (Å²) >= 11 is 0. The summed E-state index contributed by atoms with van der Waals surface area (Å²) in [6.45, 7) is 1.77. The third-order valence-corrected chi connectivity index (χ3v) is 4.58. The number of hydrogen-bond acceptors (Lipinski definition) is 3. The molecule has 2 aromatic rings. The molecule has 0 unspecified atom stereocenters. The van der Waals surface area contributed by atoms with Gasteiger partial charge in [-0.05, 0) is 35.4 Å². The number of benzene rings is 2. The average Bonchev–Trinajstić information content (AvgIpc) is 2.93. The molecule has 3 nitrogen and oxygen atoms in total. The Morgan fingerprint density at radius 3 is 1.29 bits per heavy atom. The molecule has 1 heterocycles. The van der Waals surface area contributed by atoms with E-state index >= 15 is 0 Å². The summed E-state index contributed by atoms with van der Waals surface area (Å²) in [4.78, 5) is 0. The van der Waals surface area contributed by atoms with Crippen LogP contribution < -0.4 is 5.73 Å². The van der Waals surface area contributed by atoms with Crippen molar-refractivity contribution in [1.82, 2.24) is 10.0 Å². The molecule has 2 N–H and O–H groups in total. The van der Waals surface area contributed by atoms with Crippen LogP contribution in [0.15, 0.2) is 48.5 Å². The fourth-order valence-corrected chi connectivity index (χ4v) is 3.18. The van der Waals surface area contributed by atoms with Crippen molar-refractivity contribution in [2.75, 3.05) is 13.1 Å². The molecule has 1 fully saturated rings. The summed E-state index contributed by atoms with van der Waals surface area (Å²) in [5, 5.41) is 3.82. The molecule has 2 aromatic carbocycles. The van der Waals surface area contributed by atoms with E-state index < -0.39 is 23.5 Å². The van der Waals surface area contributed by atoms with Crippen LogP contribution in [0, 0.1) is 0 Å². The van der Waals surface area contributed by atoms with Gasteiger partial charge >= 0.3 is 12.4 Å². The van der Waals surface area contributed by atoms with Crippen molar-refractivity contribution >= 4 is 0 Å². The average molecular weight is 403 g/mol. The first-order chi connectivity index (χ1) is 13.0. The maximum atomic E-state index is 12.7. The minimum atomic E-state index is -4.39. The van der Waals surface area contributed by atoms with Gasteiger partial charge in [0.15, 0.2) is 0 Å². The maximum absolute atomic E-state index is 12.7. The number of nitrogens with two attached hydrogens (primary N) is 1. The number of rotatable bonds is 4. The summed E-state index contributed by atoms with van der Waals surface area (Å²) in [5.41, 5.74) is 5.97. The zero-order valence-electron chi connectivity index (χ0n) is 14.8. The Bertz CT molecular complexity index is 716. The lowest BCUT2D eigenvalue weighted by molar-refractivity contribution is -0.138. The van der Waals surface area contributed by atoms with Gasteiger partial charge in [0.25, 0.3) is 0 Å². The quantitative estimate of drug-likeness (QED) is 0.774. The van der Waals surface area contributed by atoms with Crippen molar-refractivity contribution in [3.8, 4) is 0 Å². The Morgan fingerprint density at radius 2 is 1.00 bits per heavy atom. The largest absolute Gasteiger partial charge is 0.416 e. The molecular formula is C19H19F6N3. The third-order valence-electron chi connectivity index (χ3n) is 4.58. The Labute approximate surface area is 158 Å². The van der Waals surface area contributed by atoms with Crippen LogP contribution in [0.3, 0.4) is 0 Å². The third kappa shape index (κ3) is 5.03. The van der Waals surface area contributed by atoms with Gasteiger partial charge in [-0.1, -0.05) is 24.3 Å². The summed E-state index contributed by atoms with van der Waals surface area (Å²) < 4.78 is 76.1. The molecule has 9 heteroatoms. The summed E-state index contributed by atoms with van der Waals surface area (Å²) in [5.74, 6) is 0. The van der Waals surface area contributed by atoms with Gasteiger partial charge < -0.3 is 5.73 Å². The van der Waals surface area contributed by atoms with E-state index in [1.807, 2.05) is 10.0 Å². The molecule has 0 radical (unpaired) electrons. The van der Waals surface area contributed by atoms with Crippen LogP contribution in [0.5, 0.6) is 0 Å². The number of hydrazine groups is 1. The van der Waals surface area contributed by atoms with Gasteiger partial charge in [-0.25, -0.2) is 10.0 Å². The Hall–Kier alpha value is -2.10. The molecule has 1 saturated heterocycles. The predicted octanol–water partition coefficient (Wildman–Crippen LogP) is 4.28. The lowest BCUT2D eigenvalue weighted by Crippen LogP contribution is -2.35. The highest BCUT2D eigenvalue weighted by molar-refractivity contribution is 5.26. The van der Waals surface area contributed by atoms with Gasteiger partial charge in [0.2, 0.25) is 0 Å². The molecule has 3 rings (SSSR count). The first kappa shape index (κ1) is 20.6. The monoisotopic (exact) mass is 403 g/mol. The number of halogens is 6. The molecule has 0 atom stereocenters. The summed E-state index contributed by atoms with van der Waals surface area (Å²) in [6.07, 6.45) is -8.77. The van der Waals surface area contributed by atoms with Gasteiger partial charge in [-0.15, -0.1) is 0 Å². The normalized spacial score (nSPS) is 17.4. The second kappa shape index (κ2) is 7.73. The van der Waals surface area contributed by atoms with Gasteiger partial charge in [0, 0.05) is 32.2 Å². The van der Waals surface area contributed by atoms with Crippen LogP contribution in [0.2, 0.25) is 0 Å². The minimum Gasteiger partial charge on any atom is -0.325 e. The number of nitrogens with zero attached hydrogens (tertiary/aromatic N) is 2. The molecule has 0 bridgehead atoms. The van der Waals surface area contributed by atoms with Crippen LogP contribution in [0.1, 0.15) is 22.3 Å². The lowest BCUT2D eigenvalue weighted by Gasteiger charge is -2.28. The van der Waals surface area contributed by atoms with Gasteiger partial charge in [-0.2, -0.15) is 26.3 Å². The van der Waals surface area contributed by atoms with Gasteiger partial charge in [-0.3, -0.25) is 0 Å². The molecular weight excluding hydrogens is 384 g/mol. The summed E-state index contributed by atoms with van der Waals surface area (Å²) in [7, 11) is 0. The zero-order chi connectivity index (χ0) is 20.5. The van der Waals surface area contributed by atoms with Gasteiger partial charge in [0.05, 0.1) is 11.1 Å². The molecule has 0 aromatic heterocycles. The Kier molecular flexibility index (Phi) is 5.69. The topological polar surface area (TPSA) is 32.5 Å². The second-order valence-corrected chi connectivity index (χ2v) is 6.84. The molecule has 1 aliphatic heterocycles. The van der Waals surface area contributed by atoms with E-state index in [4.69, 9.17) is 5.73 Å². The standard InChI is InChI=1S/C19H19F6N3/c20-18(21,22)15-5-1-13(2-6-15)9-27-11-17(26)12-28(27)10-14-3-7-16(8-4-14)19(23,24)25/h1-8,17H,9-12,26H2. The Balaban J connectivity index is 1.67. The first-order valence-corrected chi connectivity index (χ1v) is 8.60. The Morgan fingerprint density at radius 1 is 0.679 bits per heavy atom. The smallest absolute Gasteiger partial charge is 0.325 e. The highest BCUT2D eigenvalue weighted by Gasteiger charge is 2.32. The van der Waals surface area contributed by atoms with E-state index in [1.165, 1.54) is 24.3 Å². The number of hydrogen-bond donors (Lipinski definition) is 1. The van der Waals surface area contributed by atoms with Crippen molar-refractivity contribution in [2.45, 2.75) is 31.5 Å². The van der Waals surface area contributed by atoms with Crippen molar-refractivity contribution in [1.29, 1.82) is 0 Å². The van der Waals surface area contributed by atoms with E-state index in [0.717, 1.165) is 24.3 Å². The molecule has 0 amide bonds. The van der Waals surface area contributed by atoms with E-state index in [-0.39, 0.29) is 6.04 Å².